The molecule has 2 N–H and O–H groups in total. The Kier molecular flexibility index (Phi) is 13.1. The van der Waals surface area contributed by atoms with Crippen LogP contribution >= 0.6 is 23.2 Å². The van der Waals surface area contributed by atoms with Gasteiger partial charge in [0.2, 0.25) is 0 Å². The first-order valence-corrected chi connectivity index (χ1v) is 12.0. The normalized spacial score (nSPS) is 12.6. The van der Waals surface area contributed by atoms with E-state index in [1.54, 1.807) is 37.6 Å². The molecular weight excluding hydrogens is 465 g/mol. The van der Waals surface area contributed by atoms with Crippen molar-refractivity contribution in [2.24, 2.45) is 5.92 Å². The Balaban J connectivity index is 0.00000172. The van der Waals surface area contributed by atoms with Crippen LogP contribution in [-0.4, -0.2) is 45.3 Å². The third kappa shape index (κ3) is 10.6. The summed E-state index contributed by atoms with van der Waals surface area (Å²) in [6, 6.07) is 3.59. The molecule has 33 heavy (non-hydrogen) atoms. The van der Waals surface area contributed by atoms with Crippen LogP contribution in [0.25, 0.3) is 0 Å². The van der Waals surface area contributed by atoms with E-state index in [9.17, 15) is 14.7 Å². The van der Waals surface area contributed by atoms with Gasteiger partial charge in [-0.2, -0.15) is 0 Å². The Morgan fingerprint density at radius 3 is 2.24 bits per heavy atom. The first kappa shape index (κ1) is 28.9. The molecule has 0 spiro atoms. The number of carboxylic acid groups (broad SMARTS) is 1. The van der Waals surface area contributed by atoms with E-state index in [-0.39, 0.29) is 18.9 Å². The first-order valence-electron chi connectivity index (χ1n) is 11.2. The molecule has 0 amide bonds. The predicted molar refractivity (Wildman–Crippen MR) is 132 cm³/mol. The molecule has 7 nitrogen and oxygen atoms in total. The second kappa shape index (κ2) is 14.9. The SMILES string of the molecule is CCC.CCOC(=O)C(Cc1cncn1Cc1cc(Cl)cc(Cl)c1)NC(CC(C)C)C(=O)O. The van der Waals surface area contributed by atoms with Crippen LogP contribution < -0.4 is 5.32 Å². The number of carboxylic acids is 1. The molecular formula is C24H35Cl2N3O4. The van der Waals surface area contributed by atoms with E-state index in [1.807, 2.05) is 18.4 Å². The van der Waals surface area contributed by atoms with Gasteiger partial charge in [0.25, 0.3) is 0 Å². The number of benzene rings is 1. The van der Waals surface area contributed by atoms with Gasteiger partial charge in [0.05, 0.1) is 12.9 Å². The molecule has 2 atom stereocenters. The largest absolute Gasteiger partial charge is 0.480 e. The second-order valence-electron chi connectivity index (χ2n) is 8.19. The van der Waals surface area contributed by atoms with Gasteiger partial charge in [0.1, 0.15) is 12.1 Å². The lowest BCUT2D eigenvalue weighted by atomic mass is 10.0. The number of esters is 1. The summed E-state index contributed by atoms with van der Waals surface area (Å²) in [5.41, 5.74) is 1.64. The summed E-state index contributed by atoms with van der Waals surface area (Å²) in [7, 11) is 0. The molecule has 0 radical (unpaired) electrons. The highest BCUT2D eigenvalue weighted by atomic mass is 35.5. The molecule has 1 aromatic carbocycles. The van der Waals surface area contributed by atoms with E-state index < -0.39 is 24.0 Å². The number of hydrogen-bond acceptors (Lipinski definition) is 5. The fraction of sp³-hybridized carbons (Fsp3) is 0.542. The van der Waals surface area contributed by atoms with Gasteiger partial charge in [-0.05, 0) is 43.0 Å². The van der Waals surface area contributed by atoms with Crippen molar-refractivity contribution in [1.82, 2.24) is 14.9 Å². The van der Waals surface area contributed by atoms with Crippen LogP contribution in [0.1, 0.15) is 58.7 Å². The average Bonchev–Trinajstić information content (AvgIpc) is 3.13. The Morgan fingerprint density at radius 1 is 1.12 bits per heavy atom. The zero-order valence-electron chi connectivity index (χ0n) is 20.0. The first-order chi connectivity index (χ1) is 15.6. The molecule has 0 aliphatic carbocycles. The fourth-order valence-electron chi connectivity index (χ4n) is 3.18. The van der Waals surface area contributed by atoms with Crippen LogP contribution in [0, 0.1) is 5.92 Å². The lowest BCUT2D eigenvalue weighted by molar-refractivity contribution is -0.147. The molecule has 2 unspecified atom stereocenters. The highest BCUT2D eigenvalue weighted by Crippen LogP contribution is 2.20. The van der Waals surface area contributed by atoms with Crippen LogP contribution in [0.2, 0.25) is 10.0 Å². The molecule has 2 rings (SSSR count). The molecule has 1 heterocycles. The van der Waals surface area contributed by atoms with Gasteiger partial charge in [0, 0.05) is 34.9 Å². The second-order valence-corrected chi connectivity index (χ2v) is 9.07. The molecule has 0 bridgehead atoms. The van der Waals surface area contributed by atoms with Crippen molar-refractivity contribution in [3.63, 3.8) is 0 Å². The zero-order valence-corrected chi connectivity index (χ0v) is 21.5. The minimum atomic E-state index is -1.000. The van der Waals surface area contributed by atoms with Gasteiger partial charge in [0.15, 0.2) is 0 Å². The molecule has 2 aromatic rings. The Labute approximate surface area is 206 Å². The van der Waals surface area contributed by atoms with Crippen LogP contribution in [0.5, 0.6) is 0 Å². The average molecular weight is 500 g/mol. The third-order valence-electron chi connectivity index (χ3n) is 4.47. The summed E-state index contributed by atoms with van der Waals surface area (Å²) >= 11 is 12.2. The predicted octanol–water partition coefficient (Wildman–Crippen LogP) is 5.22. The molecule has 9 heteroatoms. The van der Waals surface area contributed by atoms with Gasteiger partial charge >= 0.3 is 11.9 Å². The summed E-state index contributed by atoms with van der Waals surface area (Å²) < 4.78 is 7.04. The van der Waals surface area contributed by atoms with Gasteiger partial charge < -0.3 is 14.4 Å². The van der Waals surface area contributed by atoms with Crippen molar-refractivity contribution in [2.45, 2.75) is 72.5 Å². The summed E-state index contributed by atoms with van der Waals surface area (Å²) in [4.78, 5) is 28.4. The number of rotatable bonds is 11. The lowest BCUT2D eigenvalue weighted by Crippen LogP contribution is -2.49. The lowest BCUT2D eigenvalue weighted by Gasteiger charge is -2.23. The van der Waals surface area contributed by atoms with Crippen LogP contribution in [0.4, 0.5) is 0 Å². The minimum Gasteiger partial charge on any atom is -0.480 e. The van der Waals surface area contributed by atoms with Crippen LogP contribution in [-0.2, 0) is 27.3 Å². The number of imidazole rings is 1. The molecule has 184 valence electrons. The molecule has 1 aromatic heterocycles. The monoisotopic (exact) mass is 499 g/mol. The molecule has 0 aliphatic rings. The van der Waals surface area contributed by atoms with Crippen molar-refractivity contribution in [3.8, 4) is 0 Å². The molecule has 0 saturated heterocycles. The summed E-state index contributed by atoms with van der Waals surface area (Å²) in [5.74, 6) is -1.34. The number of nitrogens with one attached hydrogen (secondary N) is 1. The third-order valence-corrected chi connectivity index (χ3v) is 4.90. The maximum absolute atomic E-state index is 12.5. The Hall–Kier alpha value is -2.09. The van der Waals surface area contributed by atoms with E-state index in [4.69, 9.17) is 27.9 Å². The number of nitrogens with zero attached hydrogens (tertiary/aromatic N) is 2. The van der Waals surface area contributed by atoms with Crippen molar-refractivity contribution in [2.75, 3.05) is 6.61 Å². The minimum absolute atomic E-state index is 0.152. The molecule has 0 saturated carbocycles. The van der Waals surface area contributed by atoms with Crippen molar-refractivity contribution in [1.29, 1.82) is 0 Å². The topological polar surface area (TPSA) is 93.5 Å². The van der Waals surface area contributed by atoms with E-state index in [2.05, 4.69) is 24.1 Å². The number of ether oxygens (including phenoxy) is 1. The Bertz CT molecular complexity index is 866. The smallest absolute Gasteiger partial charge is 0.323 e. The number of aliphatic carboxylic acids is 1. The number of aromatic nitrogens is 2. The van der Waals surface area contributed by atoms with Gasteiger partial charge in [-0.1, -0.05) is 57.3 Å². The van der Waals surface area contributed by atoms with Gasteiger partial charge in [-0.3, -0.25) is 14.9 Å². The standard InChI is InChI=1S/C21H27Cl2N3O4.C3H8/c1-4-30-21(29)19(25-18(20(27)28)5-13(2)3)9-17-10-24-12-26(17)11-14-6-15(22)8-16(23)7-14;1-3-2/h6-8,10,12-13,18-19,25H,4-5,9,11H2,1-3H3,(H,27,28);3H2,1-2H3. The number of carbonyl (C=O) groups is 2. The van der Waals surface area contributed by atoms with Crippen LogP contribution in [0.15, 0.2) is 30.7 Å². The van der Waals surface area contributed by atoms with Crippen molar-refractivity contribution in [3.05, 3.63) is 52.0 Å². The van der Waals surface area contributed by atoms with E-state index in [1.165, 1.54) is 6.42 Å². The van der Waals surface area contributed by atoms with Gasteiger partial charge in [-0.25, -0.2) is 4.98 Å². The maximum atomic E-state index is 12.5. The van der Waals surface area contributed by atoms with E-state index in [0.29, 0.717) is 23.0 Å². The maximum Gasteiger partial charge on any atom is 0.323 e. The van der Waals surface area contributed by atoms with Gasteiger partial charge in [-0.15, -0.1) is 0 Å². The number of hydrogen-bond donors (Lipinski definition) is 2. The van der Waals surface area contributed by atoms with Crippen molar-refractivity contribution < 1.29 is 19.4 Å². The molecule has 0 fully saturated rings. The number of carbonyl (C=O) groups excluding carboxylic acids is 1. The Morgan fingerprint density at radius 2 is 1.73 bits per heavy atom. The highest BCUT2D eigenvalue weighted by molar-refractivity contribution is 6.34. The van der Waals surface area contributed by atoms with Crippen LogP contribution in [0.3, 0.4) is 0 Å². The zero-order chi connectivity index (χ0) is 25.0. The highest BCUT2D eigenvalue weighted by Gasteiger charge is 2.28. The fourth-order valence-corrected chi connectivity index (χ4v) is 3.75. The summed E-state index contributed by atoms with van der Waals surface area (Å²) in [6.45, 7) is 10.5. The number of halogens is 2. The van der Waals surface area contributed by atoms with Crippen molar-refractivity contribution >= 4 is 35.1 Å². The van der Waals surface area contributed by atoms with E-state index >= 15 is 0 Å². The summed E-state index contributed by atoms with van der Waals surface area (Å²) in [6.07, 6.45) is 5.17. The quantitative estimate of drug-likeness (QED) is 0.411. The molecule has 0 aliphatic heterocycles. The van der Waals surface area contributed by atoms with E-state index in [0.717, 1.165) is 11.3 Å². The summed E-state index contributed by atoms with van der Waals surface area (Å²) in [5, 5.41) is 13.6.